The number of hydrogen-bond acceptors (Lipinski definition) is 2. The van der Waals surface area contributed by atoms with Gasteiger partial charge in [0.25, 0.3) is 5.91 Å². The number of nitrogens with one attached hydrogen (secondary N) is 2. The van der Waals surface area contributed by atoms with E-state index in [1.165, 1.54) is 11.1 Å². The largest absolute Gasteiger partial charge is 0.347 e. The molecule has 0 spiro atoms. The number of benzene rings is 2. The Bertz CT molecular complexity index is 802. The zero-order valence-electron chi connectivity index (χ0n) is 15.0. The molecule has 0 saturated heterocycles. The van der Waals surface area contributed by atoms with Crippen molar-refractivity contribution in [1.82, 2.24) is 10.6 Å². The van der Waals surface area contributed by atoms with Gasteiger partial charge in [0.1, 0.15) is 6.04 Å². The minimum absolute atomic E-state index is 0.00684. The number of carbonyl (C=O) groups excluding carboxylic acids is 2. The maximum Gasteiger partial charge on any atom is 0.251 e. The van der Waals surface area contributed by atoms with Gasteiger partial charge in [-0.2, -0.15) is 0 Å². The van der Waals surface area contributed by atoms with Crippen LogP contribution in [-0.2, 0) is 11.2 Å². The van der Waals surface area contributed by atoms with Crippen molar-refractivity contribution < 1.29 is 9.59 Å². The Kier molecular flexibility index (Phi) is 5.62. The highest BCUT2D eigenvalue weighted by Gasteiger charge is 2.29. The predicted octanol–water partition coefficient (Wildman–Crippen LogP) is 3.90. The Morgan fingerprint density at radius 1 is 1.08 bits per heavy atom. The van der Waals surface area contributed by atoms with Gasteiger partial charge in [-0.3, -0.25) is 9.59 Å². The summed E-state index contributed by atoms with van der Waals surface area (Å²) in [5.74, 6) is -0.450. The second-order valence-corrected chi connectivity index (χ2v) is 7.44. The minimum Gasteiger partial charge on any atom is -0.347 e. The number of aryl methyl sites for hydroxylation is 1. The van der Waals surface area contributed by atoms with E-state index in [-0.39, 0.29) is 23.8 Å². The van der Waals surface area contributed by atoms with E-state index < -0.39 is 6.04 Å². The molecule has 0 heterocycles. The van der Waals surface area contributed by atoms with Crippen LogP contribution < -0.4 is 10.6 Å². The molecule has 2 amide bonds. The van der Waals surface area contributed by atoms with Gasteiger partial charge >= 0.3 is 0 Å². The van der Waals surface area contributed by atoms with E-state index in [1.807, 2.05) is 26.0 Å². The third-order valence-electron chi connectivity index (χ3n) is 4.79. The first kappa shape index (κ1) is 18.5. The lowest BCUT2D eigenvalue weighted by molar-refractivity contribution is -0.124. The van der Waals surface area contributed by atoms with Gasteiger partial charge in [0.15, 0.2) is 0 Å². The summed E-state index contributed by atoms with van der Waals surface area (Å²) in [5, 5.41) is 6.53. The van der Waals surface area contributed by atoms with Crippen LogP contribution in [0.3, 0.4) is 0 Å². The molecule has 0 fully saturated rings. The van der Waals surface area contributed by atoms with E-state index in [4.69, 9.17) is 11.6 Å². The van der Waals surface area contributed by atoms with Crippen LogP contribution in [-0.4, -0.2) is 17.9 Å². The summed E-state index contributed by atoms with van der Waals surface area (Å²) in [6, 6.07) is 14.2. The molecule has 0 aliphatic heterocycles. The van der Waals surface area contributed by atoms with Crippen LogP contribution in [0.4, 0.5) is 0 Å². The van der Waals surface area contributed by atoms with Gasteiger partial charge < -0.3 is 10.6 Å². The normalized spacial score (nSPS) is 16.8. The molecule has 0 radical (unpaired) electrons. The van der Waals surface area contributed by atoms with Crippen LogP contribution in [0.15, 0.2) is 48.5 Å². The molecule has 1 aliphatic rings. The lowest BCUT2D eigenvalue weighted by Crippen LogP contribution is -2.50. The molecule has 2 N–H and O–H groups in total. The van der Waals surface area contributed by atoms with Gasteiger partial charge in [0.05, 0.1) is 6.04 Å². The maximum absolute atomic E-state index is 12.8. The molecule has 136 valence electrons. The molecule has 1 aliphatic carbocycles. The van der Waals surface area contributed by atoms with Crippen molar-refractivity contribution in [3.63, 3.8) is 0 Å². The summed E-state index contributed by atoms with van der Waals surface area (Å²) < 4.78 is 0. The lowest BCUT2D eigenvalue weighted by atomic mass is 10.0. The Labute approximate surface area is 158 Å². The fourth-order valence-electron chi connectivity index (χ4n) is 3.33. The molecule has 3 rings (SSSR count). The summed E-state index contributed by atoms with van der Waals surface area (Å²) in [5.41, 5.74) is 2.94. The van der Waals surface area contributed by atoms with Gasteiger partial charge in [-0.1, -0.05) is 49.7 Å². The molecule has 0 saturated carbocycles. The van der Waals surface area contributed by atoms with Crippen LogP contribution in [0.5, 0.6) is 0 Å². The fourth-order valence-corrected chi connectivity index (χ4v) is 3.46. The number of carbonyl (C=O) groups is 2. The predicted molar refractivity (Wildman–Crippen MR) is 103 cm³/mol. The van der Waals surface area contributed by atoms with E-state index in [0.29, 0.717) is 10.6 Å². The molecular weight excluding hydrogens is 348 g/mol. The fraction of sp³-hybridized carbons (Fsp3) is 0.333. The Morgan fingerprint density at radius 3 is 2.46 bits per heavy atom. The molecule has 2 aromatic rings. The maximum atomic E-state index is 12.8. The second kappa shape index (κ2) is 7.92. The highest BCUT2D eigenvalue weighted by atomic mass is 35.5. The smallest absolute Gasteiger partial charge is 0.251 e. The minimum atomic E-state index is -0.592. The summed E-state index contributed by atoms with van der Waals surface area (Å²) >= 11 is 5.86. The van der Waals surface area contributed by atoms with Gasteiger partial charge in [0.2, 0.25) is 5.91 Å². The van der Waals surface area contributed by atoms with Crippen molar-refractivity contribution in [2.45, 2.75) is 38.8 Å². The van der Waals surface area contributed by atoms with Gasteiger partial charge in [0, 0.05) is 10.6 Å². The monoisotopic (exact) mass is 370 g/mol. The topological polar surface area (TPSA) is 58.2 Å². The van der Waals surface area contributed by atoms with E-state index in [2.05, 4.69) is 22.8 Å². The number of halogens is 1. The van der Waals surface area contributed by atoms with Crippen molar-refractivity contribution >= 4 is 23.4 Å². The average Bonchev–Trinajstić information content (AvgIpc) is 3.02. The molecular formula is C21H23ClN2O2. The highest BCUT2D eigenvalue weighted by Crippen LogP contribution is 2.30. The van der Waals surface area contributed by atoms with Crippen molar-refractivity contribution in [2.24, 2.45) is 5.92 Å². The summed E-state index contributed by atoms with van der Waals surface area (Å²) in [6.07, 6.45) is 1.85. The zero-order chi connectivity index (χ0) is 18.7. The molecule has 0 aromatic heterocycles. The van der Waals surface area contributed by atoms with Crippen molar-refractivity contribution in [2.75, 3.05) is 0 Å². The molecule has 26 heavy (non-hydrogen) atoms. The first-order valence-corrected chi connectivity index (χ1v) is 9.28. The van der Waals surface area contributed by atoms with Crippen LogP contribution in [0.2, 0.25) is 5.02 Å². The van der Waals surface area contributed by atoms with E-state index in [1.54, 1.807) is 24.3 Å². The van der Waals surface area contributed by atoms with Crippen LogP contribution in [0, 0.1) is 5.92 Å². The number of fused-ring (bicyclic) bond motifs is 1. The number of rotatable bonds is 5. The first-order valence-electron chi connectivity index (χ1n) is 8.90. The van der Waals surface area contributed by atoms with Crippen molar-refractivity contribution in [1.29, 1.82) is 0 Å². The summed E-state index contributed by atoms with van der Waals surface area (Å²) in [4.78, 5) is 25.3. The Hall–Kier alpha value is -2.33. The molecule has 4 nitrogen and oxygen atoms in total. The van der Waals surface area contributed by atoms with Crippen molar-refractivity contribution in [3.8, 4) is 0 Å². The standard InChI is InChI=1S/C21H23ClN2O2/c1-13(2)19(24-20(25)15-7-10-16(22)11-8-15)21(26)23-18-12-9-14-5-3-4-6-17(14)18/h3-8,10-11,13,18-19H,9,12H2,1-2H3,(H,23,26)(H,24,25)/t18-,19+/m1/s1. The molecule has 2 atom stereocenters. The quantitative estimate of drug-likeness (QED) is 0.838. The summed E-state index contributed by atoms with van der Waals surface area (Å²) in [7, 11) is 0. The third-order valence-corrected chi connectivity index (χ3v) is 5.04. The zero-order valence-corrected chi connectivity index (χ0v) is 15.7. The summed E-state index contributed by atoms with van der Waals surface area (Å²) in [6.45, 7) is 3.85. The Morgan fingerprint density at radius 2 is 1.77 bits per heavy atom. The molecule has 0 bridgehead atoms. The molecule has 2 aromatic carbocycles. The first-order chi connectivity index (χ1) is 12.5. The number of hydrogen-bond donors (Lipinski definition) is 2. The van der Waals surface area contributed by atoms with Crippen LogP contribution in [0.1, 0.15) is 47.8 Å². The third kappa shape index (κ3) is 4.07. The average molecular weight is 371 g/mol. The molecule has 5 heteroatoms. The van der Waals surface area contributed by atoms with Gasteiger partial charge in [-0.25, -0.2) is 0 Å². The van der Waals surface area contributed by atoms with Gasteiger partial charge in [-0.15, -0.1) is 0 Å². The van der Waals surface area contributed by atoms with Gasteiger partial charge in [-0.05, 0) is 54.2 Å². The second-order valence-electron chi connectivity index (χ2n) is 7.00. The van der Waals surface area contributed by atoms with Crippen molar-refractivity contribution in [3.05, 3.63) is 70.2 Å². The molecule has 0 unspecified atom stereocenters. The SMILES string of the molecule is CC(C)[C@H](NC(=O)c1ccc(Cl)cc1)C(=O)N[C@@H]1CCc2ccccc21. The Balaban J connectivity index is 1.69. The lowest BCUT2D eigenvalue weighted by Gasteiger charge is -2.24. The number of amides is 2. The van der Waals surface area contributed by atoms with Crippen LogP contribution in [0.25, 0.3) is 0 Å². The highest BCUT2D eigenvalue weighted by molar-refractivity contribution is 6.30. The van der Waals surface area contributed by atoms with E-state index >= 15 is 0 Å². The van der Waals surface area contributed by atoms with E-state index in [0.717, 1.165) is 12.8 Å². The van der Waals surface area contributed by atoms with Crippen LogP contribution >= 0.6 is 11.6 Å². The van der Waals surface area contributed by atoms with E-state index in [9.17, 15) is 9.59 Å².